The van der Waals surface area contributed by atoms with E-state index in [4.69, 9.17) is 16.4 Å². The molecule has 0 saturated heterocycles. The highest BCUT2D eigenvalue weighted by atomic mass is 35.5. The summed E-state index contributed by atoms with van der Waals surface area (Å²) < 4.78 is 0. The molecule has 0 spiro atoms. The van der Waals surface area contributed by atoms with Crippen LogP contribution >= 0.6 is 11.6 Å². The minimum absolute atomic E-state index is 0.311. The Morgan fingerprint density at radius 1 is 1.38 bits per heavy atom. The van der Waals surface area contributed by atoms with Crippen LogP contribution in [0, 0.1) is 0 Å². The van der Waals surface area contributed by atoms with Gasteiger partial charge in [0, 0.05) is 11.1 Å². The van der Waals surface area contributed by atoms with Crippen molar-refractivity contribution >= 4 is 11.6 Å². The predicted molar refractivity (Wildman–Crippen MR) is 54.8 cm³/mol. The van der Waals surface area contributed by atoms with Crippen LogP contribution in [0.2, 0.25) is 5.02 Å². The summed E-state index contributed by atoms with van der Waals surface area (Å²) >= 11 is 5.77. The molecule has 1 aromatic carbocycles. The van der Waals surface area contributed by atoms with E-state index in [0.29, 0.717) is 6.04 Å². The lowest BCUT2D eigenvalue weighted by Gasteiger charge is -2.11. The van der Waals surface area contributed by atoms with Gasteiger partial charge in [-0.2, -0.15) is 5.48 Å². The number of hydrogen-bond acceptors (Lipinski definition) is 2. The molecule has 0 fully saturated rings. The smallest absolute Gasteiger partial charge is 0.0572 e. The van der Waals surface area contributed by atoms with Crippen LogP contribution in [0.4, 0.5) is 0 Å². The molecule has 0 aromatic heterocycles. The molecule has 1 N–H and O–H groups in total. The number of benzene rings is 1. The Morgan fingerprint density at radius 2 is 2.00 bits per heavy atom. The van der Waals surface area contributed by atoms with Crippen LogP contribution in [0.1, 0.15) is 12.5 Å². The summed E-state index contributed by atoms with van der Waals surface area (Å²) in [7, 11) is 1.62. The Bertz CT molecular complexity index is 248. The van der Waals surface area contributed by atoms with E-state index in [1.54, 1.807) is 7.11 Å². The molecular formula is C10H14ClNO. The van der Waals surface area contributed by atoms with Crippen molar-refractivity contribution in [3.05, 3.63) is 34.9 Å². The Hall–Kier alpha value is -0.570. The maximum Gasteiger partial charge on any atom is 0.0572 e. The molecule has 13 heavy (non-hydrogen) atoms. The highest BCUT2D eigenvalue weighted by Crippen LogP contribution is 2.10. The van der Waals surface area contributed by atoms with Crippen molar-refractivity contribution < 1.29 is 4.84 Å². The molecule has 0 radical (unpaired) electrons. The van der Waals surface area contributed by atoms with Gasteiger partial charge in [-0.1, -0.05) is 23.7 Å². The fourth-order valence-electron chi connectivity index (χ4n) is 1.22. The SMILES string of the molecule is CONC(C)Cc1ccc(Cl)cc1. The van der Waals surface area contributed by atoms with Crippen molar-refractivity contribution in [3.8, 4) is 0 Å². The Labute approximate surface area is 83.8 Å². The number of nitrogens with one attached hydrogen (secondary N) is 1. The van der Waals surface area contributed by atoms with E-state index >= 15 is 0 Å². The van der Waals surface area contributed by atoms with Gasteiger partial charge in [0.25, 0.3) is 0 Å². The van der Waals surface area contributed by atoms with E-state index in [1.807, 2.05) is 24.3 Å². The van der Waals surface area contributed by atoms with Gasteiger partial charge < -0.3 is 4.84 Å². The molecule has 0 aliphatic heterocycles. The lowest BCUT2D eigenvalue weighted by molar-refractivity contribution is 0.0661. The molecule has 0 amide bonds. The summed E-state index contributed by atoms with van der Waals surface area (Å²) in [5, 5.41) is 0.774. The summed E-state index contributed by atoms with van der Waals surface area (Å²) in [6.45, 7) is 2.07. The van der Waals surface area contributed by atoms with Crippen LogP contribution < -0.4 is 5.48 Å². The zero-order chi connectivity index (χ0) is 9.68. The molecule has 0 heterocycles. The van der Waals surface area contributed by atoms with Gasteiger partial charge in [-0.3, -0.25) is 0 Å². The summed E-state index contributed by atoms with van der Waals surface area (Å²) in [6.07, 6.45) is 0.936. The third-order valence-electron chi connectivity index (χ3n) is 1.77. The van der Waals surface area contributed by atoms with Gasteiger partial charge >= 0.3 is 0 Å². The van der Waals surface area contributed by atoms with E-state index in [-0.39, 0.29) is 0 Å². The summed E-state index contributed by atoms with van der Waals surface area (Å²) in [6, 6.07) is 8.16. The molecule has 0 aliphatic rings. The van der Waals surface area contributed by atoms with Crippen molar-refractivity contribution in [2.75, 3.05) is 7.11 Å². The molecule has 72 valence electrons. The standard InChI is InChI=1S/C10H14ClNO/c1-8(12-13-2)7-9-3-5-10(11)6-4-9/h3-6,8,12H,7H2,1-2H3. The molecule has 0 saturated carbocycles. The number of hydroxylamine groups is 1. The van der Waals surface area contributed by atoms with Crippen LogP contribution in [-0.4, -0.2) is 13.2 Å². The first kappa shape index (κ1) is 10.5. The monoisotopic (exact) mass is 199 g/mol. The van der Waals surface area contributed by atoms with Gasteiger partial charge in [0.15, 0.2) is 0 Å². The van der Waals surface area contributed by atoms with Crippen molar-refractivity contribution in [2.45, 2.75) is 19.4 Å². The fourth-order valence-corrected chi connectivity index (χ4v) is 1.34. The van der Waals surface area contributed by atoms with Crippen LogP contribution in [-0.2, 0) is 11.3 Å². The summed E-state index contributed by atoms with van der Waals surface area (Å²) in [4.78, 5) is 4.82. The molecule has 1 atom stereocenters. The molecule has 3 heteroatoms. The Kier molecular flexibility index (Phi) is 4.22. The van der Waals surface area contributed by atoms with E-state index in [9.17, 15) is 0 Å². The van der Waals surface area contributed by atoms with Crippen molar-refractivity contribution in [1.82, 2.24) is 5.48 Å². The van der Waals surface area contributed by atoms with Gasteiger partial charge in [0.2, 0.25) is 0 Å². The van der Waals surface area contributed by atoms with Gasteiger partial charge in [-0.15, -0.1) is 0 Å². The molecule has 1 rings (SSSR count). The van der Waals surface area contributed by atoms with E-state index in [2.05, 4.69) is 12.4 Å². The lowest BCUT2D eigenvalue weighted by atomic mass is 10.1. The van der Waals surface area contributed by atoms with Gasteiger partial charge in [-0.05, 0) is 31.0 Å². The van der Waals surface area contributed by atoms with E-state index < -0.39 is 0 Å². The normalized spacial score (nSPS) is 12.8. The molecular weight excluding hydrogens is 186 g/mol. The average Bonchev–Trinajstić information content (AvgIpc) is 2.09. The quantitative estimate of drug-likeness (QED) is 0.753. The van der Waals surface area contributed by atoms with Crippen LogP contribution in [0.15, 0.2) is 24.3 Å². The van der Waals surface area contributed by atoms with Gasteiger partial charge in [0.05, 0.1) is 7.11 Å². The molecule has 2 nitrogen and oxygen atoms in total. The highest BCUT2D eigenvalue weighted by Gasteiger charge is 2.01. The zero-order valence-corrected chi connectivity index (χ0v) is 8.64. The maximum absolute atomic E-state index is 5.77. The van der Waals surface area contributed by atoms with Gasteiger partial charge in [0.1, 0.15) is 0 Å². The maximum atomic E-state index is 5.77. The third-order valence-corrected chi connectivity index (χ3v) is 2.03. The van der Waals surface area contributed by atoms with Crippen LogP contribution in [0.3, 0.4) is 0 Å². The molecule has 1 aromatic rings. The topological polar surface area (TPSA) is 21.3 Å². The Balaban J connectivity index is 2.49. The Morgan fingerprint density at radius 3 is 2.54 bits per heavy atom. The van der Waals surface area contributed by atoms with Gasteiger partial charge in [-0.25, -0.2) is 0 Å². The molecule has 0 bridgehead atoms. The van der Waals surface area contributed by atoms with E-state index in [0.717, 1.165) is 11.4 Å². The first-order valence-corrected chi connectivity index (χ1v) is 4.63. The second-order valence-corrected chi connectivity index (χ2v) is 3.49. The van der Waals surface area contributed by atoms with Crippen LogP contribution in [0.5, 0.6) is 0 Å². The summed E-state index contributed by atoms with van der Waals surface area (Å²) in [5.74, 6) is 0. The van der Waals surface area contributed by atoms with Crippen molar-refractivity contribution in [1.29, 1.82) is 0 Å². The fraction of sp³-hybridized carbons (Fsp3) is 0.400. The van der Waals surface area contributed by atoms with Crippen LogP contribution in [0.25, 0.3) is 0 Å². The van der Waals surface area contributed by atoms with Crippen molar-refractivity contribution in [3.63, 3.8) is 0 Å². The predicted octanol–water partition coefficient (Wildman–Crippen LogP) is 2.42. The highest BCUT2D eigenvalue weighted by molar-refractivity contribution is 6.30. The molecule has 1 unspecified atom stereocenters. The largest absolute Gasteiger partial charge is 0.305 e. The third kappa shape index (κ3) is 3.77. The minimum Gasteiger partial charge on any atom is -0.305 e. The van der Waals surface area contributed by atoms with E-state index in [1.165, 1.54) is 5.56 Å². The first-order valence-electron chi connectivity index (χ1n) is 4.25. The van der Waals surface area contributed by atoms with Crippen molar-refractivity contribution in [2.24, 2.45) is 0 Å². The number of rotatable bonds is 4. The first-order chi connectivity index (χ1) is 6.22. The average molecular weight is 200 g/mol. The minimum atomic E-state index is 0.311. The molecule has 0 aliphatic carbocycles. The number of halogens is 1. The second kappa shape index (κ2) is 5.22. The zero-order valence-electron chi connectivity index (χ0n) is 7.88. The summed E-state index contributed by atoms with van der Waals surface area (Å²) in [5.41, 5.74) is 4.13. The second-order valence-electron chi connectivity index (χ2n) is 3.05. The lowest BCUT2D eigenvalue weighted by Crippen LogP contribution is -2.26. The number of hydrogen-bond donors (Lipinski definition) is 1.